The van der Waals surface area contributed by atoms with E-state index in [1.807, 2.05) is 18.2 Å². The number of nitrogens with zero attached hydrogens (tertiary/aromatic N) is 2. The Hall–Kier alpha value is -1.94. The van der Waals surface area contributed by atoms with Gasteiger partial charge in [0.15, 0.2) is 5.69 Å². The van der Waals surface area contributed by atoms with Crippen molar-refractivity contribution in [2.24, 2.45) is 0 Å². The van der Waals surface area contributed by atoms with Gasteiger partial charge < -0.3 is 5.11 Å². The van der Waals surface area contributed by atoms with Crippen LogP contribution in [0.15, 0.2) is 30.5 Å². The molecule has 3 rings (SSSR count). The van der Waals surface area contributed by atoms with E-state index in [4.69, 9.17) is 16.7 Å². The van der Waals surface area contributed by atoms with E-state index < -0.39 is 5.97 Å². The normalized spacial score (nSPS) is 17.2. The van der Waals surface area contributed by atoms with Crippen molar-refractivity contribution in [3.8, 4) is 0 Å². The zero-order valence-electron chi connectivity index (χ0n) is 10.0. The van der Waals surface area contributed by atoms with Crippen molar-refractivity contribution in [3.05, 3.63) is 58.1 Å². The fraction of sp³-hybridized carbons (Fsp3) is 0.214. The Morgan fingerprint density at radius 1 is 1.37 bits per heavy atom. The Morgan fingerprint density at radius 2 is 2.16 bits per heavy atom. The Kier molecular flexibility index (Phi) is 2.95. The number of carbonyl (C=O) groups is 1. The lowest BCUT2D eigenvalue weighted by atomic mass is 10.0. The first-order chi connectivity index (χ1) is 9.16. The third-order valence-electron chi connectivity index (χ3n) is 3.41. The van der Waals surface area contributed by atoms with E-state index in [0.29, 0.717) is 5.82 Å². The molecule has 1 aliphatic carbocycles. The van der Waals surface area contributed by atoms with Gasteiger partial charge in [-0.2, -0.15) is 0 Å². The Balaban J connectivity index is 2.05. The minimum absolute atomic E-state index is 0.0616. The summed E-state index contributed by atoms with van der Waals surface area (Å²) in [6.07, 6.45) is 3.24. The maximum atomic E-state index is 11.1. The van der Waals surface area contributed by atoms with Crippen LogP contribution in [0.1, 0.15) is 39.8 Å². The fourth-order valence-electron chi connectivity index (χ4n) is 2.52. The lowest BCUT2D eigenvalue weighted by molar-refractivity contribution is 0.0690. The van der Waals surface area contributed by atoms with Crippen LogP contribution in [0.2, 0.25) is 5.02 Å². The molecule has 0 saturated carbocycles. The van der Waals surface area contributed by atoms with Crippen LogP contribution in [-0.2, 0) is 6.42 Å². The van der Waals surface area contributed by atoms with Crippen molar-refractivity contribution >= 4 is 17.6 Å². The minimum atomic E-state index is -1.13. The first-order valence-electron chi connectivity index (χ1n) is 6.00. The first kappa shape index (κ1) is 12.1. The van der Waals surface area contributed by atoms with Gasteiger partial charge in [-0.05, 0) is 24.0 Å². The number of aryl methyl sites for hydroxylation is 1. The Labute approximate surface area is 115 Å². The summed E-state index contributed by atoms with van der Waals surface area (Å²) in [6.45, 7) is 0. The highest BCUT2D eigenvalue weighted by atomic mass is 35.5. The first-order valence-corrected chi connectivity index (χ1v) is 6.38. The molecular weight excluding hydrogens is 264 g/mol. The third-order valence-corrected chi connectivity index (χ3v) is 3.69. The van der Waals surface area contributed by atoms with Crippen LogP contribution < -0.4 is 0 Å². The van der Waals surface area contributed by atoms with E-state index in [-0.39, 0.29) is 16.6 Å². The average molecular weight is 275 g/mol. The number of fused-ring (bicyclic) bond motifs is 1. The van der Waals surface area contributed by atoms with Gasteiger partial charge in [0.1, 0.15) is 5.82 Å². The van der Waals surface area contributed by atoms with Gasteiger partial charge >= 0.3 is 5.97 Å². The quantitative estimate of drug-likeness (QED) is 0.914. The van der Waals surface area contributed by atoms with Crippen LogP contribution >= 0.6 is 11.6 Å². The number of hydrogen-bond acceptors (Lipinski definition) is 3. The van der Waals surface area contributed by atoms with E-state index in [1.165, 1.54) is 17.3 Å². The largest absolute Gasteiger partial charge is 0.476 e. The highest BCUT2D eigenvalue weighted by Crippen LogP contribution is 2.36. The number of rotatable bonds is 2. The van der Waals surface area contributed by atoms with Gasteiger partial charge in [-0.3, -0.25) is 0 Å². The Bertz CT molecular complexity index is 658. The van der Waals surface area contributed by atoms with Gasteiger partial charge in [-0.25, -0.2) is 14.8 Å². The van der Waals surface area contributed by atoms with E-state index in [1.54, 1.807) is 0 Å². The minimum Gasteiger partial charge on any atom is -0.476 e. The molecule has 96 valence electrons. The van der Waals surface area contributed by atoms with Crippen molar-refractivity contribution in [1.29, 1.82) is 0 Å². The summed E-state index contributed by atoms with van der Waals surface area (Å²) in [4.78, 5) is 19.4. The van der Waals surface area contributed by atoms with E-state index >= 15 is 0 Å². The summed E-state index contributed by atoms with van der Waals surface area (Å²) in [5.74, 6) is -0.529. The highest BCUT2D eigenvalue weighted by Gasteiger charge is 2.27. The van der Waals surface area contributed by atoms with Crippen LogP contribution in [0.3, 0.4) is 0 Å². The zero-order valence-corrected chi connectivity index (χ0v) is 10.8. The highest BCUT2D eigenvalue weighted by molar-refractivity contribution is 6.33. The predicted molar refractivity (Wildman–Crippen MR) is 70.6 cm³/mol. The molecule has 0 amide bonds. The molecule has 0 bridgehead atoms. The van der Waals surface area contributed by atoms with Crippen molar-refractivity contribution in [1.82, 2.24) is 9.97 Å². The lowest BCUT2D eigenvalue weighted by Crippen LogP contribution is -2.09. The van der Waals surface area contributed by atoms with Crippen molar-refractivity contribution in [2.45, 2.75) is 18.8 Å². The maximum Gasteiger partial charge on any atom is 0.356 e. The van der Waals surface area contributed by atoms with Gasteiger partial charge in [0, 0.05) is 5.92 Å². The fourth-order valence-corrected chi connectivity index (χ4v) is 2.70. The van der Waals surface area contributed by atoms with Crippen LogP contribution in [0.4, 0.5) is 0 Å². The van der Waals surface area contributed by atoms with Gasteiger partial charge in [-0.1, -0.05) is 35.9 Å². The number of aromatic carboxylic acids is 1. The summed E-state index contributed by atoms with van der Waals surface area (Å²) < 4.78 is 0. The molecule has 1 atom stereocenters. The molecule has 0 aliphatic heterocycles. The van der Waals surface area contributed by atoms with Crippen LogP contribution in [0.5, 0.6) is 0 Å². The molecule has 1 aromatic carbocycles. The van der Waals surface area contributed by atoms with Gasteiger partial charge in [-0.15, -0.1) is 0 Å². The summed E-state index contributed by atoms with van der Waals surface area (Å²) in [5.41, 5.74) is 2.33. The molecular formula is C14H11ClN2O2. The van der Waals surface area contributed by atoms with Crippen molar-refractivity contribution < 1.29 is 9.90 Å². The van der Waals surface area contributed by atoms with Crippen molar-refractivity contribution in [2.75, 3.05) is 0 Å². The predicted octanol–water partition coefficient (Wildman–Crippen LogP) is 2.91. The third kappa shape index (κ3) is 2.08. The molecule has 1 aromatic heterocycles. The number of hydrogen-bond donors (Lipinski definition) is 1. The molecule has 0 fully saturated rings. The lowest BCUT2D eigenvalue weighted by Gasteiger charge is -2.10. The van der Waals surface area contributed by atoms with Crippen molar-refractivity contribution in [3.63, 3.8) is 0 Å². The summed E-state index contributed by atoms with van der Waals surface area (Å²) in [7, 11) is 0. The standard InChI is InChI=1S/C14H11ClN2O2/c15-11-7-16-13(17-12(11)14(18)19)10-6-5-8-3-1-2-4-9(8)10/h1-4,7,10H,5-6H2,(H,18,19). The second-order valence-corrected chi connectivity index (χ2v) is 4.93. The molecule has 5 heteroatoms. The average Bonchev–Trinajstić information content (AvgIpc) is 2.83. The second-order valence-electron chi connectivity index (χ2n) is 4.52. The maximum absolute atomic E-state index is 11.1. The van der Waals surface area contributed by atoms with E-state index in [0.717, 1.165) is 12.8 Å². The zero-order chi connectivity index (χ0) is 13.4. The summed E-state index contributed by atoms with van der Waals surface area (Å²) in [5, 5.41) is 9.13. The second kappa shape index (κ2) is 4.63. The Morgan fingerprint density at radius 3 is 2.95 bits per heavy atom. The number of aromatic nitrogens is 2. The topological polar surface area (TPSA) is 63.1 Å². The number of carboxylic acids is 1. The molecule has 0 spiro atoms. The smallest absolute Gasteiger partial charge is 0.356 e. The number of halogens is 1. The molecule has 1 unspecified atom stereocenters. The molecule has 19 heavy (non-hydrogen) atoms. The van der Waals surface area contributed by atoms with Crippen LogP contribution in [-0.4, -0.2) is 21.0 Å². The summed E-state index contributed by atoms with van der Waals surface area (Å²) in [6, 6.07) is 8.12. The molecule has 0 radical (unpaired) electrons. The molecule has 1 heterocycles. The SMILES string of the molecule is O=C(O)c1nc(C2CCc3ccccc32)ncc1Cl. The van der Waals surface area contributed by atoms with Gasteiger partial charge in [0.05, 0.1) is 11.2 Å². The van der Waals surface area contributed by atoms with E-state index in [2.05, 4.69) is 16.0 Å². The monoisotopic (exact) mass is 274 g/mol. The van der Waals surface area contributed by atoms with E-state index in [9.17, 15) is 4.79 Å². The summed E-state index contributed by atoms with van der Waals surface area (Å²) >= 11 is 5.79. The van der Waals surface area contributed by atoms with Gasteiger partial charge in [0.25, 0.3) is 0 Å². The molecule has 2 aromatic rings. The number of benzene rings is 1. The molecule has 4 nitrogen and oxygen atoms in total. The van der Waals surface area contributed by atoms with Gasteiger partial charge in [0.2, 0.25) is 0 Å². The molecule has 0 saturated heterocycles. The molecule has 1 aliphatic rings. The number of carboxylic acid groups (broad SMARTS) is 1. The van der Waals surface area contributed by atoms with Crippen LogP contribution in [0.25, 0.3) is 0 Å². The molecule has 1 N–H and O–H groups in total. The van der Waals surface area contributed by atoms with Crippen LogP contribution in [0, 0.1) is 0 Å².